The van der Waals surface area contributed by atoms with E-state index in [1.54, 1.807) is 15.2 Å². The van der Waals surface area contributed by atoms with Gasteiger partial charge in [0.15, 0.2) is 0 Å². The minimum atomic E-state index is -3.74. The van der Waals surface area contributed by atoms with E-state index in [0.29, 0.717) is 18.0 Å². The number of hydrogen-bond acceptors (Lipinski definition) is 7. The van der Waals surface area contributed by atoms with Crippen molar-refractivity contribution >= 4 is 60.5 Å². The second kappa shape index (κ2) is 9.44. The summed E-state index contributed by atoms with van der Waals surface area (Å²) < 4.78 is 28.0. The number of carbonyl (C=O) groups excluding carboxylic acids is 3. The first-order chi connectivity index (χ1) is 17.8. The molecule has 5 rings (SSSR count). The maximum Gasteiger partial charge on any atom is 0.262 e. The number of amides is 3. The number of benzene rings is 1. The molecule has 2 saturated heterocycles. The first-order valence-corrected chi connectivity index (χ1v) is 15.5. The Labute approximate surface area is 229 Å². The molecule has 2 aliphatic heterocycles. The third-order valence-corrected chi connectivity index (χ3v) is 10.7. The van der Waals surface area contributed by atoms with Gasteiger partial charge in [-0.1, -0.05) is 39.0 Å². The van der Waals surface area contributed by atoms with Gasteiger partial charge in [-0.05, 0) is 41.3 Å². The average molecular weight is 575 g/mol. The van der Waals surface area contributed by atoms with E-state index >= 15 is 0 Å². The molecule has 4 heterocycles. The predicted octanol–water partition coefficient (Wildman–Crippen LogP) is 2.90. The van der Waals surface area contributed by atoms with Gasteiger partial charge in [-0.25, -0.2) is 13.1 Å². The van der Waals surface area contributed by atoms with Crippen LogP contribution in [0.5, 0.6) is 0 Å². The molecule has 2 aromatic heterocycles. The summed E-state index contributed by atoms with van der Waals surface area (Å²) in [7, 11) is -3.74. The lowest BCUT2D eigenvalue weighted by Gasteiger charge is -2.69. The zero-order valence-corrected chi connectivity index (χ0v) is 24.0. The van der Waals surface area contributed by atoms with Crippen molar-refractivity contribution in [1.29, 1.82) is 0 Å². The summed E-state index contributed by atoms with van der Waals surface area (Å²) in [6.45, 7) is 7.97. The Bertz CT molecular complexity index is 1480. The van der Waals surface area contributed by atoms with E-state index in [1.165, 1.54) is 34.1 Å². The zero-order valence-electron chi connectivity index (χ0n) is 21.6. The van der Waals surface area contributed by atoms with E-state index < -0.39 is 27.0 Å². The fourth-order valence-electron chi connectivity index (χ4n) is 5.06. The summed E-state index contributed by atoms with van der Waals surface area (Å²) in [6.07, 6.45) is 0. The Hall–Kier alpha value is -2.80. The van der Waals surface area contributed by atoms with E-state index in [1.807, 2.05) is 58.0 Å². The van der Waals surface area contributed by atoms with Gasteiger partial charge in [-0.15, -0.1) is 11.3 Å². The number of sulfonamides is 1. The molecule has 2 aliphatic rings. The Morgan fingerprint density at radius 3 is 2.53 bits per heavy atom. The fourth-order valence-corrected chi connectivity index (χ4v) is 8.03. The molecular weight excluding hydrogens is 545 g/mol. The first-order valence-electron chi connectivity index (χ1n) is 12.2. The molecule has 3 aromatic rings. The van der Waals surface area contributed by atoms with Gasteiger partial charge in [0.1, 0.15) is 6.04 Å². The van der Waals surface area contributed by atoms with Crippen molar-refractivity contribution in [2.75, 3.05) is 19.6 Å². The number of hydrogen-bond donors (Lipinski definition) is 2. The van der Waals surface area contributed by atoms with Gasteiger partial charge in [-0.2, -0.15) is 11.3 Å². The van der Waals surface area contributed by atoms with E-state index in [9.17, 15) is 22.8 Å². The van der Waals surface area contributed by atoms with Crippen LogP contribution in [0.4, 0.5) is 0 Å². The maximum atomic E-state index is 13.7. The molecule has 2 N–H and O–H groups in total. The first kappa shape index (κ1) is 26.8. The highest BCUT2D eigenvalue weighted by Gasteiger charge is 2.65. The van der Waals surface area contributed by atoms with Crippen molar-refractivity contribution in [2.45, 2.75) is 50.2 Å². The normalized spacial score (nSPS) is 21.8. The van der Waals surface area contributed by atoms with Gasteiger partial charge in [0, 0.05) is 23.2 Å². The summed E-state index contributed by atoms with van der Waals surface area (Å²) >= 11 is 2.65. The van der Waals surface area contributed by atoms with Crippen molar-refractivity contribution < 1.29 is 22.8 Å². The topological polar surface area (TPSA) is 116 Å². The van der Waals surface area contributed by atoms with Crippen LogP contribution in [0.15, 0.2) is 52.1 Å². The predicted molar refractivity (Wildman–Crippen MR) is 148 cm³/mol. The number of nitrogens with one attached hydrogen (secondary N) is 2. The molecule has 0 aliphatic carbocycles. The van der Waals surface area contributed by atoms with Crippen LogP contribution in [0.25, 0.3) is 10.1 Å². The maximum absolute atomic E-state index is 13.7. The van der Waals surface area contributed by atoms with Crippen molar-refractivity contribution in [3.05, 3.63) is 52.0 Å². The number of rotatable bonds is 7. The minimum Gasteiger partial charge on any atom is -0.339 e. The lowest BCUT2D eigenvalue weighted by atomic mass is 9.70. The summed E-state index contributed by atoms with van der Waals surface area (Å²) in [5.74, 6) is -0.801. The number of thiophene rings is 2. The van der Waals surface area contributed by atoms with Gasteiger partial charge >= 0.3 is 0 Å². The van der Waals surface area contributed by atoms with Crippen LogP contribution in [0.3, 0.4) is 0 Å². The second-order valence-electron chi connectivity index (χ2n) is 11.0. The van der Waals surface area contributed by atoms with Crippen LogP contribution >= 0.6 is 22.7 Å². The quantitative estimate of drug-likeness (QED) is 0.450. The SMILES string of the molecule is CC(C)(C)C(NC(=O)c1cc2ccccc2s1)C(=O)N1C[C@H]2N(C(=O)CNS(=O)(=O)c3ccsc3)CC21C. The number of likely N-dealkylation sites (tertiary alicyclic amines) is 2. The molecule has 3 atom stereocenters. The second-order valence-corrected chi connectivity index (χ2v) is 14.7. The monoisotopic (exact) mass is 574 g/mol. The average Bonchev–Trinajstić information content (AvgIpc) is 3.54. The Balaban J connectivity index is 1.22. The van der Waals surface area contributed by atoms with Crippen molar-refractivity contribution in [1.82, 2.24) is 19.8 Å². The van der Waals surface area contributed by atoms with E-state index in [0.717, 1.165) is 10.1 Å². The lowest BCUT2D eigenvalue weighted by molar-refractivity contribution is -0.206. The van der Waals surface area contributed by atoms with Gasteiger partial charge in [0.25, 0.3) is 5.91 Å². The standard InChI is InChI=1S/C26H30N4O5S3/c1-25(2,3)22(28-23(32)19-11-16-7-5-6-8-18(16)37-19)24(33)30-13-20-26(30,4)15-29(20)21(31)12-27-38(34,35)17-9-10-36-14-17/h5-11,14,20,22,27H,12-13,15H2,1-4H3,(H,28,32)/t20-,22?,26?/m1/s1. The van der Waals surface area contributed by atoms with Crippen molar-refractivity contribution in [3.8, 4) is 0 Å². The number of fused-ring (bicyclic) bond motifs is 2. The summed E-state index contributed by atoms with van der Waals surface area (Å²) in [6, 6.07) is 10.1. The molecule has 9 nitrogen and oxygen atoms in total. The fraction of sp³-hybridized carbons (Fsp3) is 0.423. The Kier molecular flexibility index (Phi) is 6.65. The van der Waals surface area contributed by atoms with E-state index in [2.05, 4.69) is 10.0 Å². The van der Waals surface area contributed by atoms with Crippen LogP contribution in [0.1, 0.15) is 37.4 Å². The van der Waals surface area contributed by atoms with Crippen LogP contribution in [0.2, 0.25) is 0 Å². The van der Waals surface area contributed by atoms with Gasteiger partial charge in [0.2, 0.25) is 21.8 Å². The molecule has 1 aromatic carbocycles. The molecule has 38 heavy (non-hydrogen) atoms. The highest BCUT2D eigenvalue weighted by molar-refractivity contribution is 7.89. The van der Waals surface area contributed by atoms with Crippen LogP contribution in [0, 0.1) is 5.41 Å². The van der Waals surface area contributed by atoms with E-state index in [4.69, 9.17) is 0 Å². The minimum absolute atomic E-state index is 0.134. The third kappa shape index (κ3) is 4.63. The molecule has 3 amide bonds. The Morgan fingerprint density at radius 1 is 1.18 bits per heavy atom. The smallest absolute Gasteiger partial charge is 0.262 e. The number of nitrogens with zero attached hydrogens (tertiary/aromatic N) is 2. The van der Waals surface area contributed by atoms with Crippen LogP contribution in [-0.2, 0) is 19.6 Å². The molecular formula is C26H30N4O5S3. The Morgan fingerprint density at radius 2 is 1.92 bits per heavy atom. The van der Waals surface area contributed by atoms with E-state index in [-0.39, 0.29) is 35.2 Å². The van der Waals surface area contributed by atoms with Gasteiger partial charge < -0.3 is 15.1 Å². The summed E-state index contributed by atoms with van der Waals surface area (Å²) in [5.41, 5.74) is -1.09. The highest BCUT2D eigenvalue weighted by Crippen LogP contribution is 2.45. The number of piperazine rings is 1. The third-order valence-electron chi connectivity index (χ3n) is 7.40. The molecule has 0 spiro atoms. The molecule has 12 heteroatoms. The molecule has 2 fully saturated rings. The number of carbonyl (C=O) groups is 3. The molecule has 2 unspecified atom stereocenters. The highest BCUT2D eigenvalue weighted by atomic mass is 32.2. The van der Waals surface area contributed by atoms with Crippen molar-refractivity contribution in [3.63, 3.8) is 0 Å². The molecule has 0 radical (unpaired) electrons. The van der Waals surface area contributed by atoms with Crippen LogP contribution < -0.4 is 10.0 Å². The largest absolute Gasteiger partial charge is 0.339 e. The lowest BCUT2D eigenvalue weighted by Crippen LogP contribution is -2.89. The van der Waals surface area contributed by atoms with Gasteiger partial charge in [-0.3, -0.25) is 14.4 Å². The molecule has 0 saturated carbocycles. The molecule has 202 valence electrons. The zero-order chi connectivity index (χ0) is 27.5. The summed E-state index contributed by atoms with van der Waals surface area (Å²) in [5, 5.41) is 7.12. The summed E-state index contributed by atoms with van der Waals surface area (Å²) in [4.78, 5) is 43.6. The molecule has 0 bridgehead atoms. The van der Waals surface area contributed by atoms with Crippen molar-refractivity contribution in [2.24, 2.45) is 5.41 Å². The van der Waals surface area contributed by atoms with Crippen LogP contribution in [-0.4, -0.2) is 73.2 Å². The van der Waals surface area contributed by atoms with Gasteiger partial charge in [0.05, 0.1) is 27.9 Å².